The van der Waals surface area contributed by atoms with E-state index in [2.05, 4.69) is 22.1 Å². The van der Waals surface area contributed by atoms with Crippen LogP contribution in [0.15, 0.2) is 84.0 Å². The van der Waals surface area contributed by atoms with E-state index in [9.17, 15) is 4.79 Å². The smallest absolute Gasteiger partial charge is 0.258 e. The van der Waals surface area contributed by atoms with Gasteiger partial charge in [0.15, 0.2) is 0 Å². The first-order valence-electron chi connectivity index (χ1n) is 9.25. The molecule has 1 fully saturated rings. The Kier molecular flexibility index (Phi) is 5.95. The van der Waals surface area contributed by atoms with Gasteiger partial charge in [0.1, 0.15) is 6.17 Å². The van der Waals surface area contributed by atoms with Crippen molar-refractivity contribution in [3.05, 3.63) is 106 Å². The molecular formula is C23H19Cl2N3O. The Hall–Kier alpha value is -2.66. The molecule has 3 aromatic rings. The minimum absolute atomic E-state index is 0.0499. The highest BCUT2D eigenvalue weighted by Gasteiger charge is 2.38. The molecule has 1 aliphatic heterocycles. The molecule has 0 aromatic heterocycles. The molecule has 1 saturated heterocycles. The summed E-state index contributed by atoms with van der Waals surface area (Å²) < 4.78 is 0. The monoisotopic (exact) mass is 423 g/mol. The predicted octanol–water partition coefficient (Wildman–Crippen LogP) is 5.37. The second kappa shape index (κ2) is 8.78. The molecule has 3 aromatic carbocycles. The Morgan fingerprint density at radius 2 is 1.52 bits per heavy atom. The lowest BCUT2D eigenvalue weighted by Gasteiger charge is -2.27. The quantitative estimate of drug-likeness (QED) is 0.517. The Balaban J connectivity index is 1.65. The van der Waals surface area contributed by atoms with Crippen molar-refractivity contribution in [2.24, 2.45) is 5.10 Å². The number of hydrogen-bond donors (Lipinski definition) is 0. The van der Waals surface area contributed by atoms with Crippen LogP contribution in [0.1, 0.15) is 22.9 Å². The summed E-state index contributed by atoms with van der Waals surface area (Å²) in [5, 5.41) is 7.38. The second-order valence-electron chi connectivity index (χ2n) is 6.85. The maximum atomic E-state index is 12.8. The SMILES string of the molecule is O=C1CN(Cc2ccccc2)C(c2ccc(Cl)cc2)N1N=Cc1ccc(Cl)cc1. The fraction of sp³-hybridized carbons (Fsp3) is 0.130. The van der Waals surface area contributed by atoms with Gasteiger partial charge in [0.2, 0.25) is 0 Å². The van der Waals surface area contributed by atoms with Crippen molar-refractivity contribution in [3.63, 3.8) is 0 Å². The molecule has 0 N–H and O–H groups in total. The molecule has 1 atom stereocenters. The second-order valence-corrected chi connectivity index (χ2v) is 7.72. The lowest BCUT2D eigenvalue weighted by Crippen LogP contribution is -2.28. The number of rotatable bonds is 5. The number of nitrogens with zero attached hydrogens (tertiary/aromatic N) is 3. The summed E-state index contributed by atoms with van der Waals surface area (Å²) in [7, 11) is 0. The lowest BCUT2D eigenvalue weighted by atomic mass is 10.1. The van der Waals surface area contributed by atoms with Crippen molar-refractivity contribution in [2.75, 3.05) is 6.54 Å². The molecular weight excluding hydrogens is 405 g/mol. The Labute approximate surface area is 180 Å². The van der Waals surface area contributed by atoms with E-state index in [4.69, 9.17) is 23.2 Å². The van der Waals surface area contributed by atoms with Crippen LogP contribution in [-0.4, -0.2) is 28.6 Å². The Bertz CT molecular complexity index is 1000. The average molecular weight is 424 g/mol. The van der Waals surface area contributed by atoms with Crippen LogP contribution in [0.5, 0.6) is 0 Å². The Morgan fingerprint density at radius 3 is 2.17 bits per heavy atom. The van der Waals surface area contributed by atoms with E-state index in [1.54, 1.807) is 23.4 Å². The number of hydrazone groups is 1. The molecule has 0 radical (unpaired) electrons. The van der Waals surface area contributed by atoms with Crippen LogP contribution in [0.3, 0.4) is 0 Å². The molecule has 0 saturated carbocycles. The number of hydrogen-bond acceptors (Lipinski definition) is 3. The van der Waals surface area contributed by atoms with Gasteiger partial charge in [-0.1, -0.05) is 77.8 Å². The number of halogens is 2. The van der Waals surface area contributed by atoms with Crippen LogP contribution in [0.2, 0.25) is 10.0 Å². The van der Waals surface area contributed by atoms with Crippen molar-refractivity contribution in [3.8, 4) is 0 Å². The molecule has 1 heterocycles. The summed E-state index contributed by atoms with van der Waals surface area (Å²) in [6.45, 7) is 0.937. The average Bonchev–Trinajstić information content (AvgIpc) is 3.04. The fourth-order valence-corrected chi connectivity index (χ4v) is 3.63. The number of carbonyl (C=O) groups excluding carboxylic acids is 1. The van der Waals surface area contributed by atoms with Gasteiger partial charge in [-0.3, -0.25) is 9.69 Å². The summed E-state index contributed by atoms with van der Waals surface area (Å²) in [5.74, 6) is -0.0499. The number of carbonyl (C=O) groups is 1. The van der Waals surface area contributed by atoms with E-state index in [0.717, 1.165) is 16.7 Å². The maximum absolute atomic E-state index is 12.8. The molecule has 0 aliphatic carbocycles. The topological polar surface area (TPSA) is 35.9 Å². The lowest BCUT2D eigenvalue weighted by molar-refractivity contribution is -0.128. The van der Waals surface area contributed by atoms with Crippen LogP contribution in [0.4, 0.5) is 0 Å². The zero-order chi connectivity index (χ0) is 20.2. The highest BCUT2D eigenvalue weighted by atomic mass is 35.5. The predicted molar refractivity (Wildman–Crippen MR) is 117 cm³/mol. The molecule has 1 unspecified atom stereocenters. The van der Waals surface area contributed by atoms with Crippen LogP contribution < -0.4 is 0 Å². The zero-order valence-electron chi connectivity index (χ0n) is 15.6. The molecule has 4 rings (SSSR count). The maximum Gasteiger partial charge on any atom is 0.258 e. The fourth-order valence-electron chi connectivity index (χ4n) is 3.38. The van der Waals surface area contributed by atoms with Gasteiger partial charge in [-0.25, -0.2) is 5.01 Å². The molecule has 4 nitrogen and oxygen atoms in total. The third-order valence-corrected chi connectivity index (χ3v) is 5.27. The van der Waals surface area contributed by atoms with Gasteiger partial charge < -0.3 is 0 Å². The summed E-state index contributed by atoms with van der Waals surface area (Å²) in [6.07, 6.45) is 1.38. The van der Waals surface area contributed by atoms with Gasteiger partial charge in [-0.05, 0) is 41.0 Å². The van der Waals surface area contributed by atoms with Crippen molar-refractivity contribution in [2.45, 2.75) is 12.7 Å². The highest BCUT2D eigenvalue weighted by Crippen LogP contribution is 2.33. The van der Waals surface area contributed by atoms with Gasteiger partial charge in [-0.15, -0.1) is 0 Å². The van der Waals surface area contributed by atoms with E-state index in [1.807, 2.05) is 54.6 Å². The first-order valence-corrected chi connectivity index (χ1v) is 10.0. The van der Waals surface area contributed by atoms with Gasteiger partial charge in [0.05, 0.1) is 12.8 Å². The van der Waals surface area contributed by atoms with Crippen LogP contribution >= 0.6 is 23.2 Å². The van der Waals surface area contributed by atoms with Crippen molar-refractivity contribution >= 4 is 35.3 Å². The van der Waals surface area contributed by atoms with E-state index in [-0.39, 0.29) is 12.1 Å². The molecule has 6 heteroatoms. The molecule has 146 valence electrons. The van der Waals surface area contributed by atoms with E-state index >= 15 is 0 Å². The van der Waals surface area contributed by atoms with E-state index in [0.29, 0.717) is 23.1 Å². The third kappa shape index (κ3) is 4.67. The Morgan fingerprint density at radius 1 is 0.897 bits per heavy atom. The molecule has 0 spiro atoms. The van der Waals surface area contributed by atoms with E-state index in [1.165, 1.54) is 0 Å². The molecule has 1 aliphatic rings. The van der Waals surface area contributed by atoms with E-state index < -0.39 is 0 Å². The standard InChI is InChI=1S/C23H19Cl2N3O/c24-20-10-6-17(7-11-20)14-26-28-22(29)16-27(15-18-4-2-1-3-5-18)23(28)19-8-12-21(25)13-9-19/h1-14,23H,15-16H2. The minimum Gasteiger partial charge on any atom is -0.271 e. The van der Waals surface area contributed by atoms with Gasteiger partial charge in [0, 0.05) is 16.6 Å². The van der Waals surface area contributed by atoms with Crippen LogP contribution in [0, 0.1) is 0 Å². The van der Waals surface area contributed by atoms with Crippen LogP contribution in [0.25, 0.3) is 0 Å². The number of amides is 1. The molecule has 29 heavy (non-hydrogen) atoms. The summed E-state index contributed by atoms with van der Waals surface area (Å²) in [5.41, 5.74) is 2.98. The first-order chi connectivity index (χ1) is 14.1. The van der Waals surface area contributed by atoms with Crippen molar-refractivity contribution in [1.29, 1.82) is 0 Å². The van der Waals surface area contributed by atoms with Gasteiger partial charge in [-0.2, -0.15) is 5.10 Å². The normalized spacial score (nSPS) is 17.4. The van der Waals surface area contributed by atoms with Gasteiger partial charge >= 0.3 is 0 Å². The summed E-state index contributed by atoms with van der Waals surface area (Å²) >= 11 is 12.0. The minimum atomic E-state index is -0.302. The third-order valence-electron chi connectivity index (χ3n) is 4.77. The molecule has 0 bridgehead atoms. The van der Waals surface area contributed by atoms with Crippen molar-refractivity contribution < 1.29 is 4.79 Å². The summed E-state index contributed by atoms with van der Waals surface area (Å²) in [6, 6.07) is 25.0. The van der Waals surface area contributed by atoms with Crippen molar-refractivity contribution in [1.82, 2.24) is 9.91 Å². The first kappa shape index (κ1) is 19.6. The van der Waals surface area contributed by atoms with Gasteiger partial charge in [0.25, 0.3) is 5.91 Å². The summed E-state index contributed by atoms with van der Waals surface area (Å²) in [4.78, 5) is 14.9. The highest BCUT2D eigenvalue weighted by molar-refractivity contribution is 6.30. The molecule has 1 amide bonds. The van der Waals surface area contributed by atoms with Crippen LogP contribution in [-0.2, 0) is 11.3 Å². The zero-order valence-corrected chi connectivity index (χ0v) is 17.1. The largest absolute Gasteiger partial charge is 0.271 e. The number of benzene rings is 3.